The van der Waals surface area contributed by atoms with Crippen molar-refractivity contribution in [3.63, 3.8) is 0 Å². The molecule has 20 heavy (non-hydrogen) atoms. The lowest BCUT2D eigenvalue weighted by molar-refractivity contribution is 0.122. The number of likely N-dealkylation sites (tertiary alicyclic amines) is 1. The minimum Gasteiger partial charge on any atom is -0.300 e. The van der Waals surface area contributed by atoms with Gasteiger partial charge in [0, 0.05) is 6.04 Å². The molecule has 1 aromatic rings. The van der Waals surface area contributed by atoms with Crippen molar-refractivity contribution in [1.29, 1.82) is 5.26 Å². The Bertz CT molecular complexity index is 457. The van der Waals surface area contributed by atoms with Crippen molar-refractivity contribution in [3.8, 4) is 6.07 Å². The summed E-state index contributed by atoms with van der Waals surface area (Å²) in [4.78, 5) is 2.74. The molecular formula is C18H24N2. The van der Waals surface area contributed by atoms with E-state index >= 15 is 0 Å². The first-order chi connectivity index (χ1) is 9.86. The van der Waals surface area contributed by atoms with Gasteiger partial charge in [0.05, 0.1) is 11.6 Å². The Morgan fingerprint density at radius 2 is 1.55 bits per heavy atom. The maximum Gasteiger partial charge on any atom is 0.0991 e. The molecule has 0 aromatic heterocycles. The quantitative estimate of drug-likeness (QED) is 0.808. The van der Waals surface area contributed by atoms with Crippen molar-refractivity contribution >= 4 is 0 Å². The summed E-state index contributed by atoms with van der Waals surface area (Å²) in [6, 6.07) is 11.3. The Kier molecular flexibility index (Phi) is 4.38. The van der Waals surface area contributed by atoms with Crippen LogP contribution in [0.4, 0.5) is 0 Å². The van der Waals surface area contributed by atoms with Gasteiger partial charge in [-0.25, -0.2) is 0 Å². The third-order valence-corrected chi connectivity index (χ3v) is 5.13. The highest BCUT2D eigenvalue weighted by Gasteiger charge is 2.26. The van der Waals surface area contributed by atoms with Gasteiger partial charge < -0.3 is 4.90 Å². The molecule has 2 aliphatic rings. The molecule has 106 valence electrons. The fourth-order valence-electron chi connectivity index (χ4n) is 3.87. The van der Waals surface area contributed by atoms with E-state index in [0.29, 0.717) is 5.92 Å². The number of rotatable bonds is 2. The molecule has 0 N–H and O–H groups in total. The summed E-state index contributed by atoms with van der Waals surface area (Å²) in [5.41, 5.74) is 2.20. The second-order valence-corrected chi connectivity index (χ2v) is 6.34. The minimum atomic E-state index is 0.697. The molecule has 0 spiro atoms. The van der Waals surface area contributed by atoms with E-state index in [4.69, 9.17) is 5.26 Å². The van der Waals surface area contributed by atoms with E-state index in [0.717, 1.165) is 11.6 Å². The maximum absolute atomic E-state index is 8.86. The van der Waals surface area contributed by atoms with Crippen molar-refractivity contribution in [2.24, 2.45) is 0 Å². The smallest absolute Gasteiger partial charge is 0.0991 e. The molecule has 2 nitrogen and oxygen atoms in total. The Balaban J connectivity index is 1.56. The van der Waals surface area contributed by atoms with E-state index in [2.05, 4.69) is 23.1 Å². The van der Waals surface area contributed by atoms with Gasteiger partial charge >= 0.3 is 0 Å². The van der Waals surface area contributed by atoms with Gasteiger partial charge in [0.15, 0.2) is 0 Å². The summed E-state index contributed by atoms with van der Waals surface area (Å²) in [7, 11) is 0. The summed E-state index contributed by atoms with van der Waals surface area (Å²) in [5, 5.41) is 8.86. The van der Waals surface area contributed by atoms with Crippen LogP contribution in [0.3, 0.4) is 0 Å². The van der Waals surface area contributed by atoms with Gasteiger partial charge in [0.2, 0.25) is 0 Å². The number of hydrogen-bond acceptors (Lipinski definition) is 2. The van der Waals surface area contributed by atoms with Crippen molar-refractivity contribution in [3.05, 3.63) is 35.4 Å². The number of nitriles is 1. The molecule has 2 fully saturated rings. The Morgan fingerprint density at radius 3 is 2.15 bits per heavy atom. The van der Waals surface area contributed by atoms with E-state index < -0.39 is 0 Å². The van der Waals surface area contributed by atoms with Crippen LogP contribution in [-0.4, -0.2) is 24.0 Å². The van der Waals surface area contributed by atoms with Gasteiger partial charge in [0.1, 0.15) is 0 Å². The average molecular weight is 268 g/mol. The Hall–Kier alpha value is -1.33. The van der Waals surface area contributed by atoms with Gasteiger partial charge in [-0.15, -0.1) is 0 Å². The fourth-order valence-corrected chi connectivity index (χ4v) is 3.87. The molecule has 3 rings (SSSR count). The highest BCUT2D eigenvalue weighted by atomic mass is 15.2. The van der Waals surface area contributed by atoms with E-state index in [9.17, 15) is 0 Å². The first kappa shape index (κ1) is 13.6. The van der Waals surface area contributed by atoms with Gasteiger partial charge in [-0.1, -0.05) is 31.4 Å². The summed E-state index contributed by atoms with van der Waals surface area (Å²) in [6.07, 6.45) is 9.70. The largest absolute Gasteiger partial charge is 0.300 e. The zero-order valence-electron chi connectivity index (χ0n) is 12.2. The van der Waals surface area contributed by atoms with Crippen molar-refractivity contribution in [2.75, 3.05) is 13.1 Å². The third kappa shape index (κ3) is 3.04. The molecule has 1 saturated carbocycles. The van der Waals surface area contributed by atoms with Gasteiger partial charge in [-0.2, -0.15) is 5.26 Å². The average Bonchev–Trinajstić information content (AvgIpc) is 2.56. The monoisotopic (exact) mass is 268 g/mol. The number of benzene rings is 1. The molecule has 1 aliphatic heterocycles. The molecule has 0 radical (unpaired) electrons. The van der Waals surface area contributed by atoms with Gasteiger partial charge in [-0.05, 0) is 62.4 Å². The summed E-state index contributed by atoms with van der Waals surface area (Å²) >= 11 is 0. The standard InChI is InChI=1S/C18H24N2/c19-14-15-6-8-16(9-7-15)17-10-12-20(13-11-17)18-4-2-1-3-5-18/h6-9,17-18H,1-5,10-13H2. The molecule has 1 aliphatic carbocycles. The SMILES string of the molecule is N#Cc1ccc(C2CCN(C3CCCCC3)CC2)cc1. The Labute approximate surface area is 122 Å². The van der Waals surface area contributed by atoms with E-state index in [1.165, 1.54) is 63.6 Å². The van der Waals surface area contributed by atoms with Gasteiger partial charge in [-0.3, -0.25) is 0 Å². The van der Waals surface area contributed by atoms with Crippen molar-refractivity contribution in [1.82, 2.24) is 4.90 Å². The van der Waals surface area contributed by atoms with Gasteiger partial charge in [0.25, 0.3) is 0 Å². The summed E-state index contributed by atoms with van der Waals surface area (Å²) in [6.45, 7) is 2.52. The molecule has 0 bridgehead atoms. The van der Waals surface area contributed by atoms with E-state index in [-0.39, 0.29) is 0 Å². The molecule has 1 heterocycles. The minimum absolute atomic E-state index is 0.697. The lowest BCUT2D eigenvalue weighted by atomic mass is 9.86. The molecule has 0 unspecified atom stereocenters. The number of nitrogens with zero attached hydrogens (tertiary/aromatic N) is 2. The lowest BCUT2D eigenvalue weighted by Gasteiger charge is -2.39. The predicted molar refractivity (Wildman–Crippen MR) is 81.6 cm³/mol. The molecule has 0 atom stereocenters. The van der Waals surface area contributed by atoms with Crippen molar-refractivity contribution < 1.29 is 0 Å². The first-order valence-corrected chi connectivity index (χ1v) is 8.11. The number of hydrogen-bond donors (Lipinski definition) is 0. The first-order valence-electron chi connectivity index (χ1n) is 8.11. The van der Waals surface area contributed by atoms with Crippen LogP contribution < -0.4 is 0 Å². The molecule has 2 heteroatoms. The number of piperidine rings is 1. The van der Waals surface area contributed by atoms with Crippen LogP contribution in [0, 0.1) is 11.3 Å². The van der Waals surface area contributed by atoms with E-state index in [1.807, 2.05) is 12.1 Å². The van der Waals surface area contributed by atoms with E-state index in [1.54, 1.807) is 0 Å². The van der Waals surface area contributed by atoms with Crippen LogP contribution in [-0.2, 0) is 0 Å². The second-order valence-electron chi connectivity index (χ2n) is 6.34. The predicted octanol–water partition coefficient (Wildman–Crippen LogP) is 4.07. The highest BCUT2D eigenvalue weighted by Crippen LogP contribution is 2.31. The van der Waals surface area contributed by atoms with Crippen LogP contribution in [0.15, 0.2) is 24.3 Å². The Morgan fingerprint density at radius 1 is 0.900 bits per heavy atom. The fraction of sp³-hybridized carbons (Fsp3) is 0.611. The van der Waals surface area contributed by atoms with Crippen molar-refractivity contribution in [2.45, 2.75) is 56.9 Å². The third-order valence-electron chi connectivity index (χ3n) is 5.13. The van der Waals surface area contributed by atoms with Crippen LogP contribution in [0.5, 0.6) is 0 Å². The second kappa shape index (κ2) is 6.41. The van der Waals surface area contributed by atoms with Crippen LogP contribution in [0.1, 0.15) is 62.0 Å². The zero-order valence-corrected chi connectivity index (χ0v) is 12.2. The normalized spacial score (nSPS) is 22.6. The van der Waals surface area contributed by atoms with Crippen LogP contribution in [0.2, 0.25) is 0 Å². The van der Waals surface area contributed by atoms with Crippen LogP contribution >= 0.6 is 0 Å². The highest BCUT2D eigenvalue weighted by molar-refractivity contribution is 5.33. The molecular weight excluding hydrogens is 244 g/mol. The zero-order chi connectivity index (χ0) is 13.8. The lowest BCUT2D eigenvalue weighted by Crippen LogP contribution is -2.41. The summed E-state index contributed by atoms with van der Waals surface area (Å²) < 4.78 is 0. The molecule has 1 aromatic carbocycles. The summed E-state index contributed by atoms with van der Waals surface area (Å²) in [5.74, 6) is 0.697. The topological polar surface area (TPSA) is 27.0 Å². The van der Waals surface area contributed by atoms with Crippen LogP contribution in [0.25, 0.3) is 0 Å². The maximum atomic E-state index is 8.86. The molecule has 1 saturated heterocycles. The molecule has 0 amide bonds.